The van der Waals surface area contributed by atoms with Crippen molar-refractivity contribution in [3.63, 3.8) is 0 Å². The minimum Gasteiger partial charge on any atom is -0.496 e. The zero-order chi connectivity index (χ0) is 22.9. The van der Waals surface area contributed by atoms with Crippen LogP contribution in [0.4, 0.5) is 4.79 Å². The number of rotatable bonds is 6. The van der Waals surface area contributed by atoms with Gasteiger partial charge in [-0.25, -0.2) is 4.79 Å². The van der Waals surface area contributed by atoms with Crippen LogP contribution in [-0.2, 0) is 28.9 Å². The maximum Gasteiger partial charge on any atom is 0.409 e. The van der Waals surface area contributed by atoms with Crippen LogP contribution in [0.5, 0.6) is 5.75 Å². The number of carbonyl (C=O) groups excluding carboxylic acids is 1. The highest BCUT2D eigenvalue weighted by molar-refractivity contribution is 5.68. The third kappa shape index (κ3) is 4.21. The molecule has 1 heterocycles. The molecule has 2 aromatic rings. The summed E-state index contributed by atoms with van der Waals surface area (Å²) in [4.78, 5) is 13.9. The fraction of sp³-hybridized carbons (Fsp3) is 0.500. The summed E-state index contributed by atoms with van der Waals surface area (Å²) < 4.78 is 16.8. The van der Waals surface area contributed by atoms with Gasteiger partial charge in [0.1, 0.15) is 5.75 Å². The fourth-order valence-electron chi connectivity index (χ4n) is 5.16. The molecule has 1 saturated heterocycles. The first-order valence-corrected chi connectivity index (χ1v) is 11.2. The van der Waals surface area contributed by atoms with Crippen LogP contribution >= 0.6 is 0 Å². The van der Waals surface area contributed by atoms with Gasteiger partial charge in [0.15, 0.2) is 0 Å². The number of hydrogen-bond donors (Lipinski definition) is 1. The number of carbonyl (C=O) groups is 1. The summed E-state index contributed by atoms with van der Waals surface area (Å²) in [5, 5.41) is 10.6. The van der Waals surface area contributed by atoms with Crippen molar-refractivity contribution in [1.29, 1.82) is 0 Å². The summed E-state index contributed by atoms with van der Waals surface area (Å²) in [6, 6.07) is 14.6. The first kappa shape index (κ1) is 22.6. The van der Waals surface area contributed by atoms with Crippen molar-refractivity contribution in [3.05, 3.63) is 64.7 Å². The summed E-state index contributed by atoms with van der Waals surface area (Å²) >= 11 is 0. The van der Waals surface area contributed by atoms with E-state index in [4.69, 9.17) is 14.2 Å². The van der Waals surface area contributed by atoms with Crippen LogP contribution in [0.15, 0.2) is 42.5 Å². The number of ether oxygens (including phenoxy) is 3. The Morgan fingerprint density at radius 1 is 1.19 bits per heavy atom. The Morgan fingerprint density at radius 3 is 2.47 bits per heavy atom. The van der Waals surface area contributed by atoms with Crippen LogP contribution in [0.25, 0.3) is 0 Å². The lowest BCUT2D eigenvalue weighted by Crippen LogP contribution is -2.38. The highest BCUT2D eigenvalue weighted by atomic mass is 16.5. The summed E-state index contributed by atoms with van der Waals surface area (Å²) in [5.74, 6) is 0.757. The smallest absolute Gasteiger partial charge is 0.409 e. The largest absolute Gasteiger partial charge is 0.496 e. The standard InChI is InChI=1S/C26H33NO5/c1-17(28)26(2)16-27(25(29)31-4)14-23(26)20-9-10-24(30-3)21(11-20)15-32-22-12-18-7-5-6-8-19(18)13-22/h5-11,17,22-23,28H,12-16H2,1-4H3/t17?,23-,26-/m0/s1. The van der Waals surface area contributed by atoms with E-state index >= 15 is 0 Å². The lowest BCUT2D eigenvalue weighted by molar-refractivity contribution is 0.0452. The van der Waals surface area contributed by atoms with E-state index in [1.54, 1.807) is 18.9 Å². The van der Waals surface area contributed by atoms with Crippen LogP contribution < -0.4 is 4.74 Å². The predicted octanol–water partition coefficient (Wildman–Crippen LogP) is 3.93. The molecule has 3 atom stereocenters. The summed E-state index contributed by atoms with van der Waals surface area (Å²) in [7, 11) is 3.05. The SMILES string of the molecule is COC(=O)N1C[C@@H](c2ccc(OC)c(COC3Cc4ccccc4C3)c2)[C@](C)(C(C)O)C1. The van der Waals surface area contributed by atoms with Gasteiger partial charge in [0.05, 0.1) is 33.0 Å². The van der Waals surface area contributed by atoms with Crippen LogP contribution in [0.2, 0.25) is 0 Å². The van der Waals surface area contributed by atoms with E-state index in [1.165, 1.54) is 18.2 Å². The Hall–Kier alpha value is -2.57. The number of aliphatic hydroxyl groups is 1. The Labute approximate surface area is 190 Å². The molecule has 0 bridgehead atoms. The second-order valence-electron chi connectivity index (χ2n) is 9.27. The molecule has 32 heavy (non-hydrogen) atoms. The minimum absolute atomic E-state index is 0.0259. The molecule has 1 unspecified atom stereocenters. The average Bonchev–Trinajstić information content (AvgIpc) is 3.38. The fourth-order valence-corrected chi connectivity index (χ4v) is 5.16. The molecule has 2 aromatic carbocycles. The van der Waals surface area contributed by atoms with Crippen molar-refractivity contribution in [2.75, 3.05) is 27.3 Å². The number of methoxy groups -OCH3 is 2. The molecule has 6 nitrogen and oxygen atoms in total. The molecule has 0 aromatic heterocycles. The highest BCUT2D eigenvalue weighted by Crippen LogP contribution is 2.46. The number of aliphatic hydroxyl groups excluding tert-OH is 1. The van der Waals surface area contributed by atoms with Crippen molar-refractivity contribution >= 4 is 6.09 Å². The maximum absolute atomic E-state index is 12.2. The monoisotopic (exact) mass is 439 g/mol. The van der Waals surface area contributed by atoms with E-state index in [0.717, 1.165) is 29.7 Å². The predicted molar refractivity (Wildman–Crippen MR) is 122 cm³/mol. The third-order valence-electron chi connectivity index (χ3n) is 7.31. The highest BCUT2D eigenvalue weighted by Gasteiger charge is 2.48. The van der Waals surface area contributed by atoms with Gasteiger partial charge in [-0.1, -0.05) is 37.3 Å². The Morgan fingerprint density at radius 2 is 1.88 bits per heavy atom. The Bertz CT molecular complexity index is 949. The molecular formula is C26H33NO5. The molecule has 172 valence electrons. The van der Waals surface area contributed by atoms with E-state index in [9.17, 15) is 9.90 Å². The van der Waals surface area contributed by atoms with E-state index in [0.29, 0.717) is 19.7 Å². The molecule has 2 aliphatic rings. The Kier molecular flexibility index (Phi) is 6.45. The van der Waals surface area contributed by atoms with E-state index < -0.39 is 11.5 Å². The van der Waals surface area contributed by atoms with Crippen molar-refractivity contribution < 1.29 is 24.1 Å². The molecule has 0 radical (unpaired) electrons. The van der Waals surface area contributed by atoms with Gasteiger partial charge in [-0.2, -0.15) is 0 Å². The molecule has 6 heteroatoms. The molecule has 0 spiro atoms. The normalized spacial score (nSPS) is 23.8. The van der Waals surface area contributed by atoms with Crippen LogP contribution in [-0.4, -0.2) is 55.6 Å². The molecular weight excluding hydrogens is 406 g/mol. The Balaban J connectivity index is 1.54. The van der Waals surface area contributed by atoms with Gasteiger partial charge < -0.3 is 24.2 Å². The van der Waals surface area contributed by atoms with Gasteiger partial charge in [0, 0.05) is 30.0 Å². The zero-order valence-electron chi connectivity index (χ0n) is 19.3. The number of amides is 1. The quantitative estimate of drug-likeness (QED) is 0.739. The second kappa shape index (κ2) is 9.12. The van der Waals surface area contributed by atoms with Crippen molar-refractivity contribution in [2.24, 2.45) is 5.41 Å². The summed E-state index contributed by atoms with van der Waals surface area (Å²) in [5.41, 5.74) is 4.28. The van der Waals surface area contributed by atoms with Gasteiger partial charge in [-0.05, 0) is 48.6 Å². The van der Waals surface area contributed by atoms with Gasteiger partial charge in [-0.15, -0.1) is 0 Å². The van der Waals surface area contributed by atoms with Crippen molar-refractivity contribution in [2.45, 2.75) is 51.4 Å². The van der Waals surface area contributed by atoms with Gasteiger partial charge in [0.25, 0.3) is 0 Å². The molecule has 1 fully saturated rings. The lowest BCUT2D eigenvalue weighted by atomic mass is 9.72. The van der Waals surface area contributed by atoms with Crippen molar-refractivity contribution in [3.8, 4) is 5.75 Å². The minimum atomic E-state index is -0.582. The van der Waals surface area contributed by atoms with Gasteiger partial charge in [0.2, 0.25) is 0 Å². The topological polar surface area (TPSA) is 68.2 Å². The van der Waals surface area contributed by atoms with Crippen molar-refractivity contribution in [1.82, 2.24) is 4.90 Å². The van der Waals surface area contributed by atoms with E-state index in [1.807, 2.05) is 19.1 Å². The number of fused-ring (bicyclic) bond motifs is 1. The average molecular weight is 440 g/mol. The second-order valence-corrected chi connectivity index (χ2v) is 9.27. The molecule has 1 N–H and O–H groups in total. The van der Waals surface area contributed by atoms with E-state index in [2.05, 4.69) is 30.3 Å². The molecule has 1 aliphatic heterocycles. The lowest BCUT2D eigenvalue weighted by Gasteiger charge is -2.33. The van der Waals surface area contributed by atoms with Crippen LogP contribution in [0.3, 0.4) is 0 Å². The van der Waals surface area contributed by atoms with Crippen LogP contribution in [0.1, 0.15) is 42.0 Å². The molecule has 1 aliphatic carbocycles. The maximum atomic E-state index is 12.2. The third-order valence-corrected chi connectivity index (χ3v) is 7.31. The number of likely N-dealkylation sites (tertiary alicyclic amines) is 1. The molecule has 4 rings (SSSR count). The molecule has 1 amide bonds. The zero-order valence-corrected chi connectivity index (χ0v) is 19.3. The summed E-state index contributed by atoms with van der Waals surface area (Å²) in [6.45, 7) is 5.22. The van der Waals surface area contributed by atoms with E-state index in [-0.39, 0.29) is 18.1 Å². The van der Waals surface area contributed by atoms with Gasteiger partial charge in [-0.3, -0.25) is 0 Å². The number of nitrogens with zero attached hydrogens (tertiary/aromatic N) is 1. The number of hydrogen-bond acceptors (Lipinski definition) is 5. The first-order valence-electron chi connectivity index (χ1n) is 11.2. The number of benzene rings is 2. The summed E-state index contributed by atoms with van der Waals surface area (Å²) in [6.07, 6.45) is 1.06. The van der Waals surface area contributed by atoms with Crippen LogP contribution in [0, 0.1) is 5.41 Å². The first-order chi connectivity index (χ1) is 15.4. The van der Waals surface area contributed by atoms with Gasteiger partial charge >= 0.3 is 6.09 Å². The molecule has 0 saturated carbocycles.